The number of ether oxygens (including phenoxy) is 1. The molecule has 172 valence electrons. The largest absolute Gasteiger partial charge is 0.479 e. The first-order valence-corrected chi connectivity index (χ1v) is 11.6. The van der Waals surface area contributed by atoms with E-state index in [1.807, 2.05) is 36.4 Å². The molecule has 0 radical (unpaired) electrons. The maximum atomic E-state index is 13.2. The van der Waals surface area contributed by atoms with Gasteiger partial charge in [-0.25, -0.2) is 9.59 Å². The van der Waals surface area contributed by atoms with Crippen LogP contribution in [0.25, 0.3) is 11.1 Å². The number of fused-ring (bicyclic) bond motifs is 4. The molecule has 0 aromatic heterocycles. The number of carbonyl (C=O) groups excluding carboxylic acids is 2. The van der Waals surface area contributed by atoms with E-state index in [1.54, 1.807) is 6.92 Å². The molecule has 7 nitrogen and oxygen atoms in total. The molecular weight excluding hydrogens is 420 g/mol. The van der Waals surface area contributed by atoms with Crippen LogP contribution >= 0.6 is 0 Å². The Kier molecular flexibility index (Phi) is 5.35. The number of piperidine rings is 1. The number of hydrogen-bond donors (Lipinski definition) is 2. The zero-order valence-corrected chi connectivity index (χ0v) is 18.6. The Morgan fingerprint density at radius 1 is 1.12 bits per heavy atom. The fourth-order valence-corrected chi connectivity index (χ4v) is 5.68. The summed E-state index contributed by atoms with van der Waals surface area (Å²) in [5.74, 6) is -1.34. The zero-order valence-electron chi connectivity index (χ0n) is 18.6. The minimum Gasteiger partial charge on any atom is -0.479 e. The van der Waals surface area contributed by atoms with Gasteiger partial charge in [0.2, 0.25) is 5.91 Å². The van der Waals surface area contributed by atoms with E-state index in [0.29, 0.717) is 19.4 Å². The van der Waals surface area contributed by atoms with E-state index >= 15 is 0 Å². The highest BCUT2D eigenvalue weighted by atomic mass is 16.5. The molecule has 0 unspecified atom stereocenters. The summed E-state index contributed by atoms with van der Waals surface area (Å²) in [7, 11) is 0. The number of benzene rings is 2. The average molecular weight is 449 g/mol. The van der Waals surface area contributed by atoms with E-state index in [4.69, 9.17) is 4.74 Å². The number of hydrogen-bond acceptors (Lipinski definition) is 4. The van der Waals surface area contributed by atoms with Gasteiger partial charge in [0.25, 0.3) is 0 Å². The summed E-state index contributed by atoms with van der Waals surface area (Å²) in [6, 6.07) is 15.4. The molecule has 0 spiro atoms. The molecule has 7 heteroatoms. The summed E-state index contributed by atoms with van der Waals surface area (Å²) in [5, 5.41) is 12.4. The molecular formula is C26H28N2O5. The molecule has 0 bridgehead atoms. The maximum Gasteiger partial charge on any atom is 0.407 e. The van der Waals surface area contributed by atoms with E-state index < -0.39 is 23.6 Å². The molecule has 3 atom stereocenters. The number of alkyl carbamates (subject to hydrolysis) is 1. The number of carboxylic acid groups (broad SMARTS) is 1. The molecule has 2 aliphatic carbocycles. The van der Waals surface area contributed by atoms with Crippen LogP contribution in [0.2, 0.25) is 0 Å². The third kappa shape index (κ3) is 3.46. The number of nitrogens with zero attached hydrogens (tertiary/aromatic N) is 1. The Labute approximate surface area is 192 Å². The van der Waals surface area contributed by atoms with Crippen LogP contribution in [0.4, 0.5) is 4.79 Å². The maximum absolute atomic E-state index is 13.2. The predicted molar refractivity (Wildman–Crippen MR) is 122 cm³/mol. The quantitative estimate of drug-likeness (QED) is 0.701. The summed E-state index contributed by atoms with van der Waals surface area (Å²) in [5.41, 5.74) is 3.43. The Balaban J connectivity index is 1.25. The highest BCUT2D eigenvalue weighted by molar-refractivity contribution is 5.94. The van der Waals surface area contributed by atoms with Crippen LogP contribution in [0.5, 0.6) is 0 Å². The van der Waals surface area contributed by atoms with Gasteiger partial charge >= 0.3 is 12.1 Å². The summed E-state index contributed by atoms with van der Waals surface area (Å²) < 4.78 is 5.58. The fraction of sp³-hybridized carbons (Fsp3) is 0.423. The van der Waals surface area contributed by atoms with Crippen molar-refractivity contribution in [3.63, 3.8) is 0 Å². The highest BCUT2D eigenvalue weighted by Gasteiger charge is 2.67. The Morgan fingerprint density at radius 3 is 2.36 bits per heavy atom. The van der Waals surface area contributed by atoms with Crippen molar-refractivity contribution < 1.29 is 24.2 Å². The second kappa shape index (κ2) is 8.21. The van der Waals surface area contributed by atoms with Crippen LogP contribution in [0, 0.1) is 5.92 Å². The molecule has 3 aliphatic rings. The van der Waals surface area contributed by atoms with Crippen LogP contribution in [0.1, 0.15) is 49.7 Å². The first kappa shape index (κ1) is 21.5. The Bertz CT molecular complexity index is 1070. The molecule has 2 aromatic carbocycles. The van der Waals surface area contributed by atoms with Crippen molar-refractivity contribution in [2.75, 3.05) is 13.2 Å². The van der Waals surface area contributed by atoms with Crippen LogP contribution in [0.3, 0.4) is 0 Å². The van der Waals surface area contributed by atoms with Crippen LogP contribution in [0.15, 0.2) is 48.5 Å². The minimum absolute atomic E-state index is 0.0136. The van der Waals surface area contributed by atoms with Crippen molar-refractivity contribution in [1.29, 1.82) is 0 Å². The average Bonchev–Trinajstić information content (AvgIpc) is 3.52. The van der Waals surface area contributed by atoms with Gasteiger partial charge in [-0.3, -0.25) is 4.79 Å². The van der Waals surface area contributed by atoms with Gasteiger partial charge in [0.15, 0.2) is 0 Å². The van der Waals surface area contributed by atoms with Gasteiger partial charge < -0.3 is 20.1 Å². The fourth-order valence-electron chi connectivity index (χ4n) is 5.68. The van der Waals surface area contributed by atoms with Gasteiger partial charge in [-0.15, -0.1) is 0 Å². The smallest absolute Gasteiger partial charge is 0.407 e. The van der Waals surface area contributed by atoms with Crippen LogP contribution < -0.4 is 5.32 Å². The molecule has 2 aromatic rings. The third-order valence-corrected chi connectivity index (χ3v) is 7.47. The molecule has 2 amide bonds. The van der Waals surface area contributed by atoms with Gasteiger partial charge in [0.1, 0.15) is 18.2 Å². The Morgan fingerprint density at radius 2 is 1.76 bits per heavy atom. The molecule has 2 N–H and O–H groups in total. The van der Waals surface area contributed by atoms with Gasteiger partial charge in [-0.05, 0) is 53.9 Å². The zero-order chi connectivity index (χ0) is 23.2. The van der Waals surface area contributed by atoms with E-state index in [2.05, 4.69) is 17.4 Å². The second-order valence-electron chi connectivity index (χ2n) is 9.19. The van der Waals surface area contributed by atoms with Crippen LogP contribution in [-0.2, 0) is 14.3 Å². The van der Waals surface area contributed by atoms with Gasteiger partial charge in [0.05, 0.1) is 0 Å². The molecule has 1 heterocycles. The van der Waals surface area contributed by atoms with Gasteiger partial charge in [-0.1, -0.05) is 55.5 Å². The van der Waals surface area contributed by atoms with Crippen molar-refractivity contribution >= 4 is 18.0 Å². The van der Waals surface area contributed by atoms with Crippen molar-refractivity contribution in [2.45, 2.75) is 50.1 Å². The molecule has 5 rings (SSSR count). The SMILES string of the molecule is CC[C@@H](NC(=O)OCC1c2ccccc2-c2ccccc21)C(=O)N1CCC[C@H]2C[C@]21C(=O)O. The lowest BCUT2D eigenvalue weighted by molar-refractivity contribution is -0.155. The Hall–Kier alpha value is -3.35. The van der Waals surface area contributed by atoms with Gasteiger partial charge in [0, 0.05) is 12.5 Å². The number of carboxylic acids is 1. The lowest BCUT2D eigenvalue weighted by Gasteiger charge is -2.36. The number of likely N-dealkylation sites (tertiary alicyclic amines) is 1. The van der Waals surface area contributed by atoms with Crippen molar-refractivity contribution in [3.05, 3.63) is 59.7 Å². The van der Waals surface area contributed by atoms with E-state index in [1.165, 1.54) is 4.90 Å². The molecule has 1 saturated carbocycles. The van der Waals surface area contributed by atoms with Gasteiger partial charge in [-0.2, -0.15) is 0 Å². The lowest BCUT2D eigenvalue weighted by atomic mass is 9.98. The molecule has 2 fully saturated rings. The lowest BCUT2D eigenvalue weighted by Crippen LogP contribution is -2.57. The highest BCUT2D eigenvalue weighted by Crippen LogP contribution is 2.54. The molecule has 33 heavy (non-hydrogen) atoms. The normalized spacial score (nSPS) is 23.7. The summed E-state index contributed by atoms with van der Waals surface area (Å²) in [4.78, 5) is 39.2. The van der Waals surface area contributed by atoms with E-state index in [9.17, 15) is 19.5 Å². The molecule has 1 aliphatic heterocycles. The summed E-state index contributed by atoms with van der Waals surface area (Å²) in [6.45, 7) is 2.37. The number of rotatable bonds is 6. The predicted octanol–water partition coefficient (Wildman–Crippen LogP) is 3.77. The number of aliphatic carboxylic acids is 1. The topological polar surface area (TPSA) is 95.9 Å². The van der Waals surface area contributed by atoms with E-state index in [0.717, 1.165) is 35.1 Å². The number of nitrogens with one attached hydrogen (secondary N) is 1. The van der Waals surface area contributed by atoms with Crippen molar-refractivity contribution in [1.82, 2.24) is 10.2 Å². The summed E-state index contributed by atoms with van der Waals surface area (Å²) >= 11 is 0. The van der Waals surface area contributed by atoms with Crippen molar-refractivity contribution in [3.8, 4) is 11.1 Å². The summed E-state index contributed by atoms with van der Waals surface area (Å²) in [6.07, 6.45) is 1.81. The number of amides is 2. The van der Waals surface area contributed by atoms with Crippen molar-refractivity contribution in [2.24, 2.45) is 5.92 Å². The van der Waals surface area contributed by atoms with E-state index in [-0.39, 0.29) is 24.3 Å². The third-order valence-electron chi connectivity index (χ3n) is 7.47. The molecule has 1 saturated heterocycles. The second-order valence-corrected chi connectivity index (χ2v) is 9.19. The first-order chi connectivity index (χ1) is 16.0. The van der Waals surface area contributed by atoms with Crippen LogP contribution in [-0.4, -0.2) is 52.7 Å². The number of carbonyl (C=O) groups is 3. The minimum atomic E-state index is -1.09. The monoisotopic (exact) mass is 448 g/mol. The first-order valence-electron chi connectivity index (χ1n) is 11.6. The standard InChI is InChI=1S/C26H28N2O5/c1-2-22(23(29)28-13-7-8-16-14-26(16,28)24(30)31)27-25(32)33-15-21-19-11-5-3-9-17(19)18-10-4-6-12-20(18)21/h3-6,9-12,16,21-22H,2,7-8,13-15H2,1H3,(H,27,32)(H,30,31)/t16-,22+,26+/m0/s1.